The number of nitrogens with zero attached hydrogens (tertiary/aromatic N) is 1. The number of unbranched alkanes of at least 4 members (excludes halogenated alkanes) is 2. The molecule has 114 valence electrons. The normalized spacial score (nSPS) is 26.5. The summed E-state index contributed by atoms with van der Waals surface area (Å²) in [6.07, 6.45) is 6.75. The monoisotopic (exact) mass is 268 g/mol. The van der Waals surface area contributed by atoms with E-state index in [2.05, 4.69) is 51.8 Å². The molecule has 1 fully saturated rings. The summed E-state index contributed by atoms with van der Waals surface area (Å²) >= 11 is 0. The summed E-state index contributed by atoms with van der Waals surface area (Å²) < 4.78 is 0. The second kappa shape index (κ2) is 7.64. The first-order valence-corrected chi connectivity index (χ1v) is 8.43. The Balaban J connectivity index is 2.71. The second-order valence-corrected chi connectivity index (χ2v) is 7.17. The fourth-order valence-electron chi connectivity index (χ4n) is 3.70. The van der Waals surface area contributed by atoms with Crippen molar-refractivity contribution in [2.75, 3.05) is 13.1 Å². The molecule has 1 N–H and O–H groups in total. The van der Waals surface area contributed by atoms with E-state index in [1.165, 1.54) is 38.6 Å². The topological polar surface area (TPSA) is 15.3 Å². The lowest BCUT2D eigenvalue weighted by Gasteiger charge is -2.40. The number of hydrogen-bond donors (Lipinski definition) is 1. The van der Waals surface area contributed by atoms with Crippen molar-refractivity contribution in [3.05, 3.63) is 0 Å². The molecule has 1 aliphatic carbocycles. The average molecular weight is 268 g/mol. The molecular formula is C17H36N2. The second-order valence-electron chi connectivity index (χ2n) is 7.17. The lowest BCUT2D eigenvalue weighted by atomic mass is 9.86. The van der Waals surface area contributed by atoms with Crippen LogP contribution >= 0.6 is 0 Å². The molecule has 0 aromatic carbocycles. The maximum absolute atomic E-state index is 3.77. The first kappa shape index (κ1) is 17.0. The van der Waals surface area contributed by atoms with Crippen molar-refractivity contribution in [3.8, 4) is 0 Å². The van der Waals surface area contributed by atoms with Gasteiger partial charge in [-0.05, 0) is 51.6 Å². The van der Waals surface area contributed by atoms with Crippen LogP contribution in [0.1, 0.15) is 73.6 Å². The van der Waals surface area contributed by atoms with Crippen molar-refractivity contribution in [2.45, 2.75) is 91.8 Å². The van der Waals surface area contributed by atoms with Gasteiger partial charge in [0.05, 0.1) is 0 Å². The van der Waals surface area contributed by atoms with Gasteiger partial charge in [0.2, 0.25) is 0 Å². The minimum Gasteiger partial charge on any atom is -0.312 e. The number of rotatable bonds is 8. The van der Waals surface area contributed by atoms with Crippen molar-refractivity contribution in [3.63, 3.8) is 0 Å². The molecule has 0 bridgehead atoms. The Hall–Kier alpha value is -0.0800. The van der Waals surface area contributed by atoms with Gasteiger partial charge in [-0.25, -0.2) is 0 Å². The van der Waals surface area contributed by atoms with E-state index in [1.807, 2.05) is 0 Å². The third kappa shape index (κ3) is 4.46. The summed E-state index contributed by atoms with van der Waals surface area (Å²) in [5, 5.41) is 3.77. The van der Waals surface area contributed by atoms with E-state index in [1.54, 1.807) is 0 Å². The van der Waals surface area contributed by atoms with Gasteiger partial charge in [0.1, 0.15) is 0 Å². The van der Waals surface area contributed by atoms with Crippen molar-refractivity contribution < 1.29 is 0 Å². The van der Waals surface area contributed by atoms with Crippen LogP contribution in [0.3, 0.4) is 0 Å². The molecule has 1 aliphatic rings. The zero-order valence-electron chi connectivity index (χ0n) is 14.1. The van der Waals surface area contributed by atoms with E-state index in [9.17, 15) is 0 Å². The van der Waals surface area contributed by atoms with Crippen LogP contribution in [0, 0.1) is 5.41 Å². The van der Waals surface area contributed by atoms with Crippen LogP contribution in [0.5, 0.6) is 0 Å². The summed E-state index contributed by atoms with van der Waals surface area (Å²) in [5.74, 6) is 0. The molecule has 0 aromatic heterocycles. The van der Waals surface area contributed by atoms with E-state index in [-0.39, 0.29) is 0 Å². The van der Waals surface area contributed by atoms with Crippen LogP contribution in [-0.4, -0.2) is 36.1 Å². The summed E-state index contributed by atoms with van der Waals surface area (Å²) in [5.41, 5.74) is 0.443. The molecule has 2 unspecified atom stereocenters. The zero-order valence-corrected chi connectivity index (χ0v) is 14.1. The Morgan fingerprint density at radius 1 is 1.21 bits per heavy atom. The Labute approximate surface area is 121 Å². The van der Waals surface area contributed by atoms with Crippen LogP contribution in [0.4, 0.5) is 0 Å². The Morgan fingerprint density at radius 2 is 1.89 bits per heavy atom. The van der Waals surface area contributed by atoms with Gasteiger partial charge in [0, 0.05) is 18.1 Å². The molecule has 0 amide bonds. The van der Waals surface area contributed by atoms with E-state index >= 15 is 0 Å². The maximum Gasteiger partial charge on any atom is 0.0274 e. The SMILES string of the molecule is CCCCCN(C(C)C)C1CCC(C)(C)C1NCC. The molecule has 0 spiro atoms. The molecule has 0 aromatic rings. The predicted molar refractivity (Wildman–Crippen MR) is 85.6 cm³/mol. The van der Waals surface area contributed by atoms with Crippen molar-refractivity contribution in [1.29, 1.82) is 0 Å². The summed E-state index contributed by atoms with van der Waals surface area (Å²) in [6, 6.07) is 2.05. The quantitative estimate of drug-likeness (QED) is 0.668. The molecule has 1 rings (SSSR count). The Morgan fingerprint density at radius 3 is 2.42 bits per heavy atom. The summed E-state index contributed by atoms with van der Waals surface area (Å²) in [7, 11) is 0. The molecule has 0 radical (unpaired) electrons. The largest absolute Gasteiger partial charge is 0.312 e. The standard InChI is InChI=1S/C17H36N2/c1-7-9-10-13-19(14(3)4)15-11-12-17(5,6)16(15)18-8-2/h14-16,18H,7-13H2,1-6H3. The zero-order chi connectivity index (χ0) is 14.5. The first-order chi connectivity index (χ1) is 8.94. The van der Waals surface area contributed by atoms with Gasteiger partial charge in [-0.3, -0.25) is 4.90 Å². The van der Waals surface area contributed by atoms with Gasteiger partial charge < -0.3 is 5.32 Å². The molecule has 0 heterocycles. The van der Waals surface area contributed by atoms with Gasteiger partial charge in [-0.2, -0.15) is 0 Å². The van der Waals surface area contributed by atoms with Gasteiger partial charge >= 0.3 is 0 Å². The highest BCUT2D eigenvalue weighted by atomic mass is 15.2. The average Bonchev–Trinajstić information content (AvgIpc) is 2.62. The smallest absolute Gasteiger partial charge is 0.0274 e. The highest BCUT2D eigenvalue weighted by Gasteiger charge is 2.44. The van der Waals surface area contributed by atoms with Gasteiger partial charge in [-0.15, -0.1) is 0 Å². The van der Waals surface area contributed by atoms with E-state index in [4.69, 9.17) is 0 Å². The highest BCUT2D eigenvalue weighted by Crippen LogP contribution is 2.40. The van der Waals surface area contributed by atoms with Crippen molar-refractivity contribution >= 4 is 0 Å². The van der Waals surface area contributed by atoms with Crippen molar-refractivity contribution in [1.82, 2.24) is 10.2 Å². The molecule has 1 saturated carbocycles. The van der Waals surface area contributed by atoms with Gasteiger partial charge in [0.15, 0.2) is 0 Å². The Kier molecular flexibility index (Phi) is 6.82. The minimum absolute atomic E-state index is 0.443. The highest BCUT2D eigenvalue weighted by molar-refractivity contribution is 5.01. The fourth-order valence-corrected chi connectivity index (χ4v) is 3.70. The molecule has 2 atom stereocenters. The molecular weight excluding hydrogens is 232 g/mol. The third-order valence-corrected chi connectivity index (χ3v) is 4.84. The van der Waals surface area contributed by atoms with Crippen LogP contribution in [0.2, 0.25) is 0 Å². The predicted octanol–water partition coefficient (Wildman–Crippen LogP) is 4.05. The van der Waals surface area contributed by atoms with Crippen LogP contribution in [0.25, 0.3) is 0 Å². The molecule has 2 nitrogen and oxygen atoms in total. The fraction of sp³-hybridized carbons (Fsp3) is 1.00. The van der Waals surface area contributed by atoms with Crippen LogP contribution in [-0.2, 0) is 0 Å². The van der Waals surface area contributed by atoms with Gasteiger partial charge in [-0.1, -0.05) is 40.5 Å². The Bertz CT molecular complexity index is 248. The maximum atomic E-state index is 3.77. The molecule has 19 heavy (non-hydrogen) atoms. The number of nitrogens with one attached hydrogen (secondary N) is 1. The minimum atomic E-state index is 0.443. The van der Waals surface area contributed by atoms with Crippen LogP contribution < -0.4 is 5.32 Å². The molecule has 0 saturated heterocycles. The number of hydrogen-bond acceptors (Lipinski definition) is 2. The van der Waals surface area contributed by atoms with E-state index < -0.39 is 0 Å². The summed E-state index contributed by atoms with van der Waals surface area (Å²) in [6.45, 7) is 16.5. The third-order valence-electron chi connectivity index (χ3n) is 4.84. The first-order valence-electron chi connectivity index (χ1n) is 8.43. The van der Waals surface area contributed by atoms with E-state index in [0.29, 0.717) is 17.5 Å². The number of likely N-dealkylation sites (N-methyl/N-ethyl adjacent to an activating group) is 1. The van der Waals surface area contributed by atoms with Gasteiger partial charge in [0.25, 0.3) is 0 Å². The van der Waals surface area contributed by atoms with Crippen LogP contribution in [0.15, 0.2) is 0 Å². The lowest BCUT2D eigenvalue weighted by molar-refractivity contribution is 0.112. The molecule has 0 aliphatic heterocycles. The van der Waals surface area contributed by atoms with Crippen molar-refractivity contribution in [2.24, 2.45) is 5.41 Å². The lowest BCUT2D eigenvalue weighted by Crippen LogP contribution is -2.53. The van der Waals surface area contributed by atoms with E-state index in [0.717, 1.165) is 12.6 Å². The summed E-state index contributed by atoms with van der Waals surface area (Å²) in [4.78, 5) is 2.76. The molecule has 2 heteroatoms.